The molecule has 2 aromatic rings. The molecular formula is C8H9N7O. The van der Waals surface area contributed by atoms with E-state index < -0.39 is 0 Å². The van der Waals surface area contributed by atoms with Crippen molar-refractivity contribution in [3.05, 3.63) is 18.1 Å². The fourth-order valence-corrected chi connectivity index (χ4v) is 1.56. The van der Waals surface area contributed by atoms with Gasteiger partial charge in [0.25, 0.3) is 5.91 Å². The van der Waals surface area contributed by atoms with Gasteiger partial charge in [-0.25, -0.2) is 0 Å². The topological polar surface area (TPSA) is 92.6 Å². The average molecular weight is 219 g/mol. The van der Waals surface area contributed by atoms with Crippen molar-refractivity contribution in [2.75, 3.05) is 13.1 Å². The van der Waals surface area contributed by atoms with Crippen LogP contribution in [-0.2, 0) is 0 Å². The number of likely N-dealkylation sites (tertiary alicyclic amines) is 1. The first-order chi connectivity index (χ1) is 7.86. The van der Waals surface area contributed by atoms with Crippen LogP contribution in [-0.4, -0.2) is 54.3 Å². The Morgan fingerprint density at radius 3 is 2.94 bits per heavy atom. The summed E-state index contributed by atoms with van der Waals surface area (Å²) in [6.45, 7) is 1.61. The molecule has 0 bridgehead atoms. The third-order valence-electron chi connectivity index (χ3n) is 2.57. The Bertz CT molecular complexity index is 498. The maximum absolute atomic E-state index is 12.0. The van der Waals surface area contributed by atoms with Gasteiger partial charge in [-0.15, -0.1) is 5.10 Å². The molecule has 1 saturated heterocycles. The Labute approximate surface area is 90.2 Å². The lowest BCUT2D eigenvalue weighted by Crippen LogP contribution is -2.42. The second-order valence-electron chi connectivity index (χ2n) is 3.53. The van der Waals surface area contributed by atoms with Crippen LogP contribution in [0.4, 0.5) is 0 Å². The number of rotatable bonds is 2. The van der Waals surface area contributed by atoms with Crippen molar-refractivity contribution in [2.24, 2.45) is 0 Å². The van der Waals surface area contributed by atoms with E-state index in [9.17, 15) is 4.79 Å². The van der Waals surface area contributed by atoms with Gasteiger partial charge in [-0.1, -0.05) is 0 Å². The molecule has 1 amide bonds. The van der Waals surface area contributed by atoms with Crippen molar-refractivity contribution in [2.45, 2.75) is 6.42 Å². The van der Waals surface area contributed by atoms with E-state index in [4.69, 9.17) is 0 Å². The molecule has 1 fully saturated rings. The average Bonchev–Trinajstić information content (AvgIpc) is 2.85. The molecule has 1 aliphatic rings. The normalized spacial score (nSPS) is 14.9. The van der Waals surface area contributed by atoms with Crippen molar-refractivity contribution in [1.29, 1.82) is 0 Å². The highest BCUT2D eigenvalue weighted by Crippen LogP contribution is 2.16. The van der Waals surface area contributed by atoms with Gasteiger partial charge in [0.15, 0.2) is 5.82 Å². The number of carbonyl (C=O) groups excluding carboxylic acids is 1. The van der Waals surface area contributed by atoms with Crippen LogP contribution in [0.25, 0.3) is 5.82 Å². The number of nitrogens with zero attached hydrogens (tertiary/aromatic N) is 6. The summed E-state index contributed by atoms with van der Waals surface area (Å²) in [5.41, 5.74) is 0.493. The Kier molecular flexibility index (Phi) is 1.92. The van der Waals surface area contributed by atoms with Crippen molar-refractivity contribution in [3.63, 3.8) is 0 Å². The summed E-state index contributed by atoms with van der Waals surface area (Å²) in [5, 5.41) is 17.3. The van der Waals surface area contributed by atoms with Crippen LogP contribution in [0.5, 0.6) is 0 Å². The van der Waals surface area contributed by atoms with Gasteiger partial charge >= 0.3 is 0 Å². The molecule has 82 valence electrons. The summed E-state index contributed by atoms with van der Waals surface area (Å²) in [7, 11) is 0. The quantitative estimate of drug-likeness (QED) is 0.716. The lowest BCUT2D eigenvalue weighted by molar-refractivity contribution is 0.0652. The fraction of sp³-hybridized carbons (Fsp3) is 0.375. The van der Waals surface area contributed by atoms with Crippen molar-refractivity contribution < 1.29 is 4.79 Å². The number of amides is 1. The van der Waals surface area contributed by atoms with E-state index in [1.807, 2.05) is 0 Å². The minimum absolute atomic E-state index is 0.0366. The number of hydrogen-bond donors (Lipinski definition) is 1. The lowest BCUT2D eigenvalue weighted by Gasteiger charge is -2.30. The van der Waals surface area contributed by atoms with Gasteiger partial charge in [0.2, 0.25) is 0 Å². The van der Waals surface area contributed by atoms with Crippen LogP contribution < -0.4 is 0 Å². The molecule has 0 spiro atoms. The molecule has 0 atom stereocenters. The molecule has 16 heavy (non-hydrogen) atoms. The summed E-state index contributed by atoms with van der Waals surface area (Å²) in [6, 6.07) is 0. The van der Waals surface area contributed by atoms with Gasteiger partial charge < -0.3 is 4.90 Å². The van der Waals surface area contributed by atoms with Gasteiger partial charge in [-0.2, -0.15) is 9.78 Å². The molecule has 0 radical (unpaired) electrons. The lowest BCUT2D eigenvalue weighted by atomic mass is 10.2. The number of aromatic nitrogens is 6. The van der Waals surface area contributed by atoms with E-state index in [-0.39, 0.29) is 5.91 Å². The molecule has 0 unspecified atom stereocenters. The van der Waals surface area contributed by atoms with Crippen LogP contribution in [0.3, 0.4) is 0 Å². The highest BCUT2D eigenvalue weighted by Gasteiger charge is 2.25. The summed E-state index contributed by atoms with van der Waals surface area (Å²) in [6.07, 6.45) is 3.97. The largest absolute Gasteiger partial charge is 0.338 e. The molecule has 8 heteroatoms. The van der Waals surface area contributed by atoms with Gasteiger partial charge in [0.1, 0.15) is 11.9 Å². The monoisotopic (exact) mass is 219 g/mol. The zero-order valence-electron chi connectivity index (χ0n) is 8.37. The highest BCUT2D eigenvalue weighted by atomic mass is 16.2. The molecule has 0 aliphatic carbocycles. The molecule has 3 heterocycles. The van der Waals surface area contributed by atoms with Crippen LogP contribution >= 0.6 is 0 Å². The number of carbonyl (C=O) groups is 1. The number of aromatic amines is 1. The SMILES string of the molecule is O=C(c1cn[nH]c1-n1cnnn1)N1CCC1. The second-order valence-corrected chi connectivity index (χ2v) is 3.53. The zero-order valence-corrected chi connectivity index (χ0v) is 8.37. The number of nitrogens with one attached hydrogen (secondary N) is 1. The van der Waals surface area contributed by atoms with Crippen LogP contribution in [0, 0.1) is 0 Å². The third kappa shape index (κ3) is 1.27. The Morgan fingerprint density at radius 1 is 1.44 bits per heavy atom. The number of H-pyrrole nitrogens is 1. The summed E-state index contributed by atoms with van der Waals surface area (Å²) >= 11 is 0. The van der Waals surface area contributed by atoms with E-state index in [0.29, 0.717) is 11.4 Å². The maximum atomic E-state index is 12.0. The molecule has 0 aromatic carbocycles. The first-order valence-electron chi connectivity index (χ1n) is 4.92. The number of hydrogen-bond acceptors (Lipinski definition) is 5. The molecular weight excluding hydrogens is 210 g/mol. The summed E-state index contributed by atoms with van der Waals surface area (Å²) in [5.74, 6) is 0.465. The van der Waals surface area contributed by atoms with Gasteiger partial charge in [-0.05, 0) is 16.8 Å². The van der Waals surface area contributed by atoms with Crippen molar-refractivity contribution in [1.82, 2.24) is 35.3 Å². The van der Waals surface area contributed by atoms with E-state index in [1.54, 1.807) is 4.90 Å². The first-order valence-corrected chi connectivity index (χ1v) is 4.92. The zero-order chi connectivity index (χ0) is 11.0. The standard InChI is InChI=1S/C8H9N7O/c16-8(14-2-1-3-14)6-4-9-11-7(6)15-5-10-12-13-15/h4-5H,1-3H2,(H,9,11). The predicted octanol–water partition coefficient (Wildman–Crippen LogP) is -0.769. The smallest absolute Gasteiger partial charge is 0.259 e. The minimum Gasteiger partial charge on any atom is -0.338 e. The van der Waals surface area contributed by atoms with Crippen molar-refractivity contribution in [3.8, 4) is 5.82 Å². The Hall–Kier alpha value is -2.25. The third-order valence-corrected chi connectivity index (χ3v) is 2.57. The molecule has 1 aliphatic heterocycles. The molecule has 2 aromatic heterocycles. The van der Waals surface area contributed by atoms with Crippen LogP contribution in [0.2, 0.25) is 0 Å². The van der Waals surface area contributed by atoms with Gasteiger partial charge in [0, 0.05) is 13.1 Å². The minimum atomic E-state index is -0.0366. The molecule has 1 N–H and O–H groups in total. The number of tetrazole rings is 1. The van der Waals surface area contributed by atoms with Gasteiger partial charge in [-0.3, -0.25) is 9.89 Å². The molecule has 8 nitrogen and oxygen atoms in total. The maximum Gasteiger partial charge on any atom is 0.259 e. The van der Waals surface area contributed by atoms with E-state index in [1.165, 1.54) is 17.2 Å². The van der Waals surface area contributed by atoms with Gasteiger partial charge in [0.05, 0.1) is 6.20 Å². The molecule has 3 rings (SSSR count). The van der Waals surface area contributed by atoms with Crippen LogP contribution in [0.15, 0.2) is 12.5 Å². The first kappa shape index (κ1) is 9.01. The second kappa shape index (κ2) is 3.40. The molecule has 0 saturated carbocycles. The fourth-order valence-electron chi connectivity index (χ4n) is 1.56. The predicted molar refractivity (Wildman–Crippen MR) is 51.8 cm³/mol. The highest BCUT2D eigenvalue weighted by molar-refractivity contribution is 5.97. The Balaban J connectivity index is 1.96. The summed E-state index contributed by atoms with van der Waals surface area (Å²) < 4.78 is 1.39. The van der Waals surface area contributed by atoms with E-state index in [0.717, 1.165) is 19.5 Å². The van der Waals surface area contributed by atoms with Crippen molar-refractivity contribution >= 4 is 5.91 Å². The van der Waals surface area contributed by atoms with Crippen LogP contribution in [0.1, 0.15) is 16.8 Å². The van der Waals surface area contributed by atoms with E-state index in [2.05, 4.69) is 25.7 Å². The van der Waals surface area contributed by atoms with E-state index >= 15 is 0 Å². The summed E-state index contributed by atoms with van der Waals surface area (Å²) in [4.78, 5) is 13.8. The Morgan fingerprint density at radius 2 is 2.31 bits per heavy atom.